The van der Waals surface area contributed by atoms with E-state index in [0.717, 1.165) is 23.3 Å². The molecule has 4 nitrogen and oxygen atoms in total. The van der Waals surface area contributed by atoms with E-state index >= 15 is 0 Å². The molecule has 0 bridgehead atoms. The van der Waals surface area contributed by atoms with Gasteiger partial charge in [0, 0.05) is 6.54 Å². The van der Waals surface area contributed by atoms with E-state index < -0.39 is 6.09 Å². The number of alkyl carbamates (subject to hydrolysis) is 1. The first-order valence-corrected chi connectivity index (χ1v) is 5.96. The van der Waals surface area contributed by atoms with Gasteiger partial charge in [-0.2, -0.15) is 0 Å². The first kappa shape index (κ1) is 14.4. The number of hydrogen-bond donors (Lipinski definition) is 1. The summed E-state index contributed by atoms with van der Waals surface area (Å²) in [6.45, 7) is 6.71. The molecule has 0 fully saturated rings. The molecule has 0 aliphatic carbocycles. The normalized spacial score (nSPS) is 10.1. The van der Waals surface area contributed by atoms with Crippen molar-refractivity contribution in [2.45, 2.75) is 27.2 Å². The third-order valence-electron chi connectivity index (χ3n) is 3.15. The summed E-state index contributed by atoms with van der Waals surface area (Å²) in [6.07, 6.45) is 0.320. The second-order valence-electron chi connectivity index (χ2n) is 4.32. The lowest BCUT2D eigenvalue weighted by atomic mass is 9.97. The Morgan fingerprint density at radius 1 is 1.22 bits per heavy atom. The Morgan fingerprint density at radius 3 is 2.44 bits per heavy atom. The van der Waals surface area contributed by atoms with Crippen molar-refractivity contribution in [3.05, 3.63) is 28.3 Å². The summed E-state index contributed by atoms with van der Waals surface area (Å²) in [5.74, 6) is 0.916. The Hall–Kier alpha value is -1.71. The van der Waals surface area contributed by atoms with Crippen LogP contribution >= 0.6 is 0 Å². The standard InChI is InChI=1S/C14H21NO3/c1-9-8-10(2)12(13(17-4)11(9)3)6-7-15-14(16)18-5/h8H,6-7H2,1-5H3,(H,15,16). The van der Waals surface area contributed by atoms with E-state index in [4.69, 9.17) is 4.74 Å². The third kappa shape index (κ3) is 3.15. The molecule has 0 saturated heterocycles. The molecule has 0 spiro atoms. The zero-order valence-electron chi connectivity index (χ0n) is 11.7. The molecule has 0 aliphatic heterocycles. The van der Waals surface area contributed by atoms with Crippen LogP contribution in [-0.4, -0.2) is 26.9 Å². The van der Waals surface area contributed by atoms with Crippen LogP contribution in [0.25, 0.3) is 0 Å². The van der Waals surface area contributed by atoms with Crippen molar-refractivity contribution in [1.82, 2.24) is 5.32 Å². The molecule has 1 rings (SSSR count). The molecule has 4 heteroatoms. The lowest BCUT2D eigenvalue weighted by Crippen LogP contribution is -2.25. The van der Waals surface area contributed by atoms with Crippen LogP contribution in [0, 0.1) is 20.8 Å². The molecule has 100 valence electrons. The van der Waals surface area contributed by atoms with Crippen LogP contribution in [0.5, 0.6) is 5.75 Å². The first-order valence-electron chi connectivity index (χ1n) is 5.96. The SMILES string of the molecule is COC(=O)NCCc1c(C)cc(C)c(C)c1OC. The van der Waals surface area contributed by atoms with Gasteiger partial charge in [-0.05, 0) is 49.4 Å². The number of ether oxygens (including phenoxy) is 2. The first-order chi connectivity index (χ1) is 8.51. The molecule has 0 aromatic heterocycles. The average Bonchev–Trinajstić information content (AvgIpc) is 2.35. The van der Waals surface area contributed by atoms with Gasteiger partial charge >= 0.3 is 6.09 Å². The third-order valence-corrected chi connectivity index (χ3v) is 3.15. The van der Waals surface area contributed by atoms with Crippen molar-refractivity contribution >= 4 is 6.09 Å². The van der Waals surface area contributed by atoms with Gasteiger partial charge < -0.3 is 14.8 Å². The van der Waals surface area contributed by atoms with E-state index in [-0.39, 0.29) is 0 Å². The van der Waals surface area contributed by atoms with Gasteiger partial charge in [0.15, 0.2) is 0 Å². The van der Waals surface area contributed by atoms with Gasteiger partial charge in [-0.15, -0.1) is 0 Å². The highest BCUT2D eigenvalue weighted by Crippen LogP contribution is 2.29. The number of nitrogens with one attached hydrogen (secondary N) is 1. The molecule has 1 amide bonds. The summed E-state index contributed by atoms with van der Waals surface area (Å²) in [4.78, 5) is 11.0. The molecule has 0 aliphatic rings. The smallest absolute Gasteiger partial charge is 0.406 e. The summed E-state index contributed by atoms with van der Waals surface area (Å²) in [6, 6.07) is 2.14. The Balaban J connectivity index is 2.88. The molecule has 1 N–H and O–H groups in total. The quantitative estimate of drug-likeness (QED) is 0.894. The molecule has 0 unspecified atom stereocenters. The minimum atomic E-state index is -0.407. The van der Waals surface area contributed by atoms with Gasteiger partial charge in [0.2, 0.25) is 0 Å². The molecule has 1 aromatic rings. The van der Waals surface area contributed by atoms with E-state index in [9.17, 15) is 4.79 Å². The molecular weight excluding hydrogens is 230 g/mol. The van der Waals surface area contributed by atoms with Crippen LogP contribution in [0.3, 0.4) is 0 Å². The Kier molecular flexibility index (Phi) is 5.01. The summed E-state index contributed by atoms with van der Waals surface area (Å²) in [5.41, 5.74) is 4.68. The summed E-state index contributed by atoms with van der Waals surface area (Å²) in [5, 5.41) is 2.68. The van der Waals surface area contributed by atoms with Crippen LogP contribution in [0.1, 0.15) is 22.3 Å². The Bertz CT molecular complexity index is 441. The maximum Gasteiger partial charge on any atom is 0.406 e. The zero-order valence-corrected chi connectivity index (χ0v) is 11.7. The van der Waals surface area contributed by atoms with Crippen LogP contribution in [0.4, 0.5) is 4.79 Å². The van der Waals surface area contributed by atoms with Crippen molar-refractivity contribution in [3.63, 3.8) is 0 Å². The number of carbonyl (C=O) groups excluding carboxylic acids is 1. The van der Waals surface area contributed by atoms with Gasteiger partial charge in [0.1, 0.15) is 5.75 Å². The highest BCUT2D eigenvalue weighted by atomic mass is 16.5. The summed E-state index contributed by atoms with van der Waals surface area (Å²) in [7, 11) is 3.04. The number of hydrogen-bond acceptors (Lipinski definition) is 3. The molecule has 0 heterocycles. The predicted octanol–water partition coefficient (Wildman–Crippen LogP) is 2.52. The van der Waals surface area contributed by atoms with Gasteiger partial charge in [0.25, 0.3) is 0 Å². The van der Waals surface area contributed by atoms with E-state index in [1.54, 1.807) is 7.11 Å². The minimum Gasteiger partial charge on any atom is -0.496 e. The zero-order chi connectivity index (χ0) is 13.7. The number of methoxy groups -OCH3 is 2. The highest BCUT2D eigenvalue weighted by molar-refractivity contribution is 5.66. The number of aryl methyl sites for hydroxylation is 2. The molecular formula is C14H21NO3. The summed E-state index contributed by atoms with van der Waals surface area (Å²) >= 11 is 0. The number of benzene rings is 1. The van der Waals surface area contributed by atoms with Gasteiger partial charge in [-0.3, -0.25) is 0 Å². The van der Waals surface area contributed by atoms with Crippen LogP contribution in [0.15, 0.2) is 6.07 Å². The van der Waals surface area contributed by atoms with Crippen molar-refractivity contribution in [3.8, 4) is 5.75 Å². The predicted molar refractivity (Wildman–Crippen MR) is 71.3 cm³/mol. The Labute approximate surface area is 108 Å². The monoisotopic (exact) mass is 251 g/mol. The van der Waals surface area contributed by atoms with Crippen molar-refractivity contribution in [2.75, 3.05) is 20.8 Å². The van der Waals surface area contributed by atoms with E-state index in [1.807, 2.05) is 6.92 Å². The van der Waals surface area contributed by atoms with Gasteiger partial charge in [0.05, 0.1) is 14.2 Å². The minimum absolute atomic E-state index is 0.407. The van der Waals surface area contributed by atoms with Gasteiger partial charge in [-0.25, -0.2) is 4.79 Å². The van der Waals surface area contributed by atoms with E-state index in [0.29, 0.717) is 6.54 Å². The summed E-state index contributed by atoms with van der Waals surface area (Å²) < 4.78 is 10.0. The number of amides is 1. The lowest BCUT2D eigenvalue weighted by Gasteiger charge is -2.16. The maximum atomic E-state index is 11.0. The average molecular weight is 251 g/mol. The van der Waals surface area contributed by atoms with E-state index in [2.05, 4.69) is 30.0 Å². The van der Waals surface area contributed by atoms with E-state index in [1.165, 1.54) is 18.2 Å². The number of rotatable bonds is 4. The lowest BCUT2D eigenvalue weighted by molar-refractivity contribution is 0.171. The van der Waals surface area contributed by atoms with Crippen molar-refractivity contribution < 1.29 is 14.3 Å². The molecule has 0 saturated carbocycles. The molecule has 0 radical (unpaired) electrons. The topological polar surface area (TPSA) is 47.6 Å². The molecule has 1 aromatic carbocycles. The van der Waals surface area contributed by atoms with Crippen molar-refractivity contribution in [1.29, 1.82) is 0 Å². The van der Waals surface area contributed by atoms with Crippen LogP contribution < -0.4 is 10.1 Å². The fraction of sp³-hybridized carbons (Fsp3) is 0.500. The maximum absolute atomic E-state index is 11.0. The van der Waals surface area contributed by atoms with Crippen LogP contribution in [0.2, 0.25) is 0 Å². The van der Waals surface area contributed by atoms with Crippen LogP contribution in [-0.2, 0) is 11.2 Å². The second kappa shape index (κ2) is 6.28. The largest absolute Gasteiger partial charge is 0.496 e. The van der Waals surface area contributed by atoms with Crippen molar-refractivity contribution in [2.24, 2.45) is 0 Å². The van der Waals surface area contributed by atoms with Gasteiger partial charge in [-0.1, -0.05) is 6.07 Å². The fourth-order valence-corrected chi connectivity index (χ4v) is 2.05. The molecule has 0 atom stereocenters. The number of carbonyl (C=O) groups is 1. The Morgan fingerprint density at radius 2 is 1.89 bits per heavy atom. The molecule has 18 heavy (non-hydrogen) atoms. The second-order valence-corrected chi connectivity index (χ2v) is 4.32. The fourth-order valence-electron chi connectivity index (χ4n) is 2.05. The highest BCUT2D eigenvalue weighted by Gasteiger charge is 2.12.